The molecule has 1 amide bonds. The first-order valence-electron chi connectivity index (χ1n) is 7.14. The summed E-state index contributed by atoms with van der Waals surface area (Å²) in [5.74, 6) is 0.0207. The third-order valence-corrected chi connectivity index (χ3v) is 3.76. The Morgan fingerprint density at radius 3 is 2.73 bits per heavy atom. The molecule has 0 saturated heterocycles. The molecule has 5 nitrogen and oxygen atoms in total. The molecule has 0 spiro atoms. The molecular weight excluding hydrogens is 276 g/mol. The van der Waals surface area contributed by atoms with Crippen molar-refractivity contribution in [3.63, 3.8) is 0 Å². The van der Waals surface area contributed by atoms with Crippen LogP contribution in [0.15, 0.2) is 48.8 Å². The monoisotopic (exact) mass is 294 g/mol. The summed E-state index contributed by atoms with van der Waals surface area (Å²) in [6, 6.07) is 11.9. The molecule has 0 unspecified atom stereocenters. The maximum atomic E-state index is 11.3. The second-order valence-electron chi connectivity index (χ2n) is 5.19. The van der Waals surface area contributed by atoms with Gasteiger partial charge in [-0.3, -0.25) is 4.79 Å². The zero-order chi connectivity index (χ0) is 15.5. The number of nitrogens with one attached hydrogen (secondary N) is 2. The van der Waals surface area contributed by atoms with Crippen molar-refractivity contribution in [3.8, 4) is 0 Å². The lowest BCUT2D eigenvalue weighted by Crippen LogP contribution is -2.22. The lowest BCUT2D eigenvalue weighted by molar-refractivity contribution is -0.116. The molecule has 0 bridgehead atoms. The smallest absolute Gasteiger partial charge is 0.223 e. The first-order chi connectivity index (χ1) is 10.6. The zero-order valence-electron chi connectivity index (χ0n) is 12.6. The first kappa shape index (κ1) is 14.1. The Kier molecular flexibility index (Phi) is 3.78. The average Bonchev–Trinajstić information content (AvgIpc) is 3.01. The van der Waals surface area contributed by atoms with E-state index in [4.69, 9.17) is 0 Å². The molecule has 0 radical (unpaired) electrons. The molecule has 3 rings (SSSR count). The van der Waals surface area contributed by atoms with Gasteiger partial charge in [0, 0.05) is 49.7 Å². The normalized spacial score (nSPS) is 10.6. The van der Waals surface area contributed by atoms with E-state index in [-0.39, 0.29) is 5.91 Å². The molecule has 2 N–H and O–H groups in total. The van der Waals surface area contributed by atoms with Gasteiger partial charge in [-0.15, -0.1) is 0 Å². The summed E-state index contributed by atoms with van der Waals surface area (Å²) in [6.07, 6.45) is 3.70. The number of carbonyl (C=O) groups is 1. The Morgan fingerprint density at radius 2 is 2.00 bits per heavy atom. The number of H-pyrrole nitrogens is 1. The molecule has 0 aliphatic carbocycles. The van der Waals surface area contributed by atoms with Crippen LogP contribution in [0.4, 0.5) is 11.4 Å². The lowest BCUT2D eigenvalue weighted by Gasteiger charge is -2.15. The predicted molar refractivity (Wildman–Crippen MR) is 88.9 cm³/mol. The van der Waals surface area contributed by atoms with E-state index in [0.717, 1.165) is 29.0 Å². The molecule has 22 heavy (non-hydrogen) atoms. The van der Waals surface area contributed by atoms with Gasteiger partial charge in [0.05, 0.1) is 0 Å². The Hall–Kier alpha value is -2.82. The van der Waals surface area contributed by atoms with Crippen LogP contribution in [0.25, 0.3) is 11.0 Å². The number of rotatable bonds is 4. The third-order valence-electron chi connectivity index (χ3n) is 3.76. The number of anilines is 2. The maximum absolute atomic E-state index is 11.3. The van der Waals surface area contributed by atoms with Gasteiger partial charge in [-0.2, -0.15) is 0 Å². The molecule has 0 atom stereocenters. The lowest BCUT2D eigenvalue weighted by atomic mass is 10.2. The predicted octanol–water partition coefficient (Wildman–Crippen LogP) is 3.16. The largest absolute Gasteiger partial charge is 0.381 e. The van der Waals surface area contributed by atoms with Crippen molar-refractivity contribution in [1.29, 1.82) is 0 Å². The molecule has 112 valence electrons. The van der Waals surface area contributed by atoms with Crippen LogP contribution in [-0.2, 0) is 11.3 Å². The highest BCUT2D eigenvalue weighted by atomic mass is 16.2. The summed E-state index contributed by atoms with van der Waals surface area (Å²) in [5.41, 5.74) is 3.99. The van der Waals surface area contributed by atoms with Crippen molar-refractivity contribution in [3.05, 3.63) is 54.4 Å². The highest BCUT2D eigenvalue weighted by Gasteiger charge is 2.05. The van der Waals surface area contributed by atoms with E-state index in [1.165, 1.54) is 5.56 Å². The molecule has 1 aromatic carbocycles. The molecule has 0 aliphatic heterocycles. The van der Waals surface area contributed by atoms with Gasteiger partial charge in [0.2, 0.25) is 5.91 Å². The number of aromatic nitrogens is 2. The van der Waals surface area contributed by atoms with Gasteiger partial charge in [-0.25, -0.2) is 4.98 Å². The van der Waals surface area contributed by atoms with Crippen molar-refractivity contribution < 1.29 is 4.79 Å². The van der Waals surface area contributed by atoms with Crippen LogP contribution in [0.3, 0.4) is 0 Å². The number of benzene rings is 1. The molecule has 0 aliphatic rings. The van der Waals surface area contributed by atoms with Gasteiger partial charge >= 0.3 is 0 Å². The van der Waals surface area contributed by atoms with Gasteiger partial charge in [-0.05, 0) is 42.0 Å². The minimum absolute atomic E-state index is 0.0207. The van der Waals surface area contributed by atoms with Gasteiger partial charge in [0.25, 0.3) is 0 Å². The molecular formula is C17H18N4O. The Morgan fingerprint density at radius 1 is 1.23 bits per heavy atom. The third kappa shape index (κ3) is 2.79. The minimum Gasteiger partial charge on any atom is -0.381 e. The molecule has 3 aromatic rings. The van der Waals surface area contributed by atoms with Crippen LogP contribution in [0.5, 0.6) is 0 Å². The second-order valence-corrected chi connectivity index (χ2v) is 5.19. The molecule has 0 saturated carbocycles. The summed E-state index contributed by atoms with van der Waals surface area (Å²) in [5, 5.41) is 4.52. The summed E-state index contributed by atoms with van der Waals surface area (Å²) >= 11 is 0. The standard InChI is InChI=1S/C17H18N4O/c1-12(22)21(2)15-5-3-14(4-6-15)20-11-13-7-9-18-17-16(13)8-10-19-17/h3-10,20H,11H2,1-2H3,(H,18,19). The second kappa shape index (κ2) is 5.89. The summed E-state index contributed by atoms with van der Waals surface area (Å²) in [7, 11) is 1.77. The minimum atomic E-state index is 0.0207. The van der Waals surface area contributed by atoms with E-state index < -0.39 is 0 Å². The van der Waals surface area contributed by atoms with Crippen LogP contribution in [0.1, 0.15) is 12.5 Å². The number of aromatic amines is 1. The Balaban J connectivity index is 1.71. The summed E-state index contributed by atoms with van der Waals surface area (Å²) < 4.78 is 0. The summed E-state index contributed by atoms with van der Waals surface area (Å²) in [4.78, 5) is 20.4. The van der Waals surface area contributed by atoms with E-state index in [2.05, 4.69) is 15.3 Å². The van der Waals surface area contributed by atoms with E-state index in [1.807, 2.05) is 42.6 Å². The van der Waals surface area contributed by atoms with Crippen LogP contribution >= 0.6 is 0 Å². The molecule has 2 heterocycles. The van der Waals surface area contributed by atoms with Gasteiger partial charge in [0.15, 0.2) is 0 Å². The van der Waals surface area contributed by atoms with Crippen LogP contribution in [0, 0.1) is 0 Å². The number of pyridine rings is 1. The molecule has 0 fully saturated rings. The first-order valence-corrected chi connectivity index (χ1v) is 7.14. The topological polar surface area (TPSA) is 61.0 Å². The SMILES string of the molecule is CC(=O)N(C)c1ccc(NCc2ccnc3[nH]ccc23)cc1. The van der Waals surface area contributed by atoms with E-state index >= 15 is 0 Å². The number of carbonyl (C=O) groups excluding carboxylic acids is 1. The maximum Gasteiger partial charge on any atom is 0.223 e. The fraction of sp³-hybridized carbons (Fsp3) is 0.176. The molecule has 5 heteroatoms. The Bertz CT molecular complexity index is 792. The van der Waals surface area contributed by atoms with Crippen molar-refractivity contribution in [2.75, 3.05) is 17.3 Å². The number of hydrogen-bond acceptors (Lipinski definition) is 3. The summed E-state index contributed by atoms with van der Waals surface area (Å²) in [6.45, 7) is 2.27. The number of hydrogen-bond donors (Lipinski definition) is 2. The van der Waals surface area contributed by atoms with Crippen LogP contribution in [-0.4, -0.2) is 22.9 Å². The quantitative estimate of drug-likeness (QED) is 0.777. The fourth-order valence-corrected chi connectivity index (χ4v) is 2.35. The highest BCUT2D eigenvalue weighted by Crippen LogP contribution is 2.19. The number of amides is 1. The van der Waals surface area contributed by atoms with E-state index in [1.54, 1.807) is 25.1 Å². The Labute approximate surface area is 129 Å². The van der Waals surface area contributed by atoms with Gasteiger partial charge < -0.3 is 15.2 Å². The van der Waals surface area contributed by atoms with Crippen molar-refractivity contribution in [2.45, 2.75) is 13.5 Å². The van der Waals surface area contributed by atoms with E-state index in [0.29, 0.717) is 0 Å². The van der Waals surface area contributed by atoms with Crippen LogP contribution in [0.2, 0.25) is 0 Å². The van der Waals surface area contributed by atoms with E-state index in [9.17, 15) is 4.79 Å². The van der Waals surface area contributed by atoms with Crippen LogP contribution < -0.4 is 10.2 Å². The highest BCUT2D eigenvalue weighted by molar-refractivity contribution is 5.91. The van der Waals surface area contributed by atoms with Gasteiger partial charge in [0.1, 0.15) is 5.65 Å². The average molecular weight is 294 g/mol. The zero-order valence-corrected chi connectivity index (χ0v) is 12.6. The van der Waals surface area contributed by atoms with Crippen molar-refractivity contribution >= 4 is 28.3 Å². The number of nitrogens with zero attached hydrogens (tertiary/aromatic N) is 2. The van der Waals surface area contributed by atoms with Crippen molar-refractivity contribution in [2.24, 2.45) is 0 Å². The molecule has 2 aromatic heterocycles. The van der Waals surface area contributed by atoms with Gasteiger partial charge in [-0.1, -0.05) is 0 Å². The number of fused-ring (bicyclic) bond motifs is 1. The van der Waals surface area contributed by atoms with Crippen molar-refractivity contribution in [1.82, 2.24) is 9.97 Å². The fourth-order valence-electron chi connectivity index (χ4n) is 2.35.